The summed E-state index contributed by atoms with van der Waals surface area (Å²) in [5.41, 5.74) is 2.52. The third kappa shape index (κ3) is 6.29. The van der Waals surface area contributed by atoms with Crippen molar-refractivity contribution in [2.45, 2.75) is 32.4 Å². The summed E-state index contributed by atoms with van der Waals surface area (Å²) in [6, 6.07) is 12.1. The number of amides is 2. The fraction of sp³-hybridized carbons (Fsp3) is 0.364. The molecule has 0 bridgehead atoms. The van der Waals surface area contributed by atoms with Gasteiger partial charge in [0.25, 0.3) is 0 Å². The number of aryl methyl sites for hydroxylation is 1. The van der Waals surface area contributed by atoms with Crippen molar-refractivity contribution >= 4 is 17.5 Å². The topological polar surface area (TPSA) is 70.7 Å². The van der Waals surface area contributed by atoms with E-state index in [1.165, 1.54) is 19.2 Å². The van der Waals surface area contributed by atoms with Crippen LogP contribution in [0.25, 0.3) is 0 Å². The SMILES string of the molecule is COc1ccc(C)cc1NC(=O)CNC(=O)CN(Cc1ccc(F)cc1)C1CC1. The van der Waals surface area contributed by atoms with Crippen molar-refractivity contribution in [1.29, 1.82) is 0 Å². The Balaban J connectivity index is 1.49. The molecule has 1 fully saturated rings. The van der Waals surface area contributed by atoms with Gasteiger partial charge in [-0.15, -0.1) is 0 Å². The summed E-state index contributed by atoms with van der Waals surface area (Å²) in [4.78, 5) is 26.6. The van der Waals surface area contributed by atoms with E-state index in [-0.39, 0.29) is 30.7 Å². The highest BCUT2D eigenvalue weighted by atomic mass is 19.1. The Labute approximate surface area is 170 Å². The van der Waals surface area contributed by atoms with Crippen LogP contribution in [-0.4, -0.2) is 43.0 Å². The van der Waals surface area contributed by atoms with Crippen molar-refractivity contribution < 1.29 is 18.7 Å². The Hall–Kier alpha value is -2.93. The number of halogens is 1. The van der Waals surface area contributed by atoms with Gasteiger partial charge in [0.05, 0.1) is 25.9 Å². The first-order chi connectivity index (χ1) is 13.9. The average molecular weight is 399 g/mol. The van der Waals surface area contributed by atoms with Crippen LogP contribution in [0, 0.1) is 12.7 Å². The molecular weight excluding hydrogens is 373 g/mol. The van der Waals surface area contributed by atoms with E-state index < -0.39 is 0 Å². The zero-order valence-electron chi connectivity index (χ0n) is 16.7. The number of carbonyl (C=O) groups excluding carboxylic acids is 2. The summed E-state index contributed by atoms with van der Waals surface area (Å²) < 4.78 is 18.3. The number of benzene rings is 2. The number of methoxy groups -OCH3 is 1. The van der Waals surface area contributed by atoms with E-state index in [2.05, 4.69) is 15.5 Å². The maximum Gasteiger partial charge on any atom is 0.243 e. The van der Waals surface area contributed by atoms with E-state index in [9.17, 15) is 14.0 Å². The molecule has 3 rings (SSSR count). The van der Waals surface area contributed by atoms with E-state index in [1.54, 1.807) is 18.2 Å². The number of carbonyl (C=O) groups is 2. The monoisotopic (exact) mass is 399 g/mol. The standard InChI is InChI=1S/C22H26FN3O3/c1-15-3-10-20(29-2)19(11-15)25-21(27)12-24-22(28)14-26(18-8-9-18)13-16-4-6-17(23)7-5-16/h3-7,10-11,18H,8-9,12-14H2,1-2H3,(H,24,28)(H,25,27). The molecule has 2 amide bonds. The minimum absolute atomic E-state index is 0.120. The third-order valence-electron chi connectivity index (χ3n) is 4.78. The van der Waals surface area contributed by atoms with E-state index in [0.29, 0.717) is 24.0 Å². The molecule has 29 heavy (non-hydrogen) atoms. The van der Waals surface area contributed by atoms with Gasteiger partial charge in [-0.25, -0.2) is 4.39 Å². The van der Waals surface area contributed by atoms with Crippen LogP contribution in [-0.2, 0) is 16.1 Å². The van der Waals surface area contributed by atoms with Crippen molar-refractivity contribution in [3.8, 4) is 5.75 Å². The summed E-state index contributed by atoms with van der Waals surface area (Å²) in [5, 5.41) is 5.43. The molecule has 0 heterocycles. The summed E-state index contributed by atoms with van der Waals surface area (Å²) in [6.07, 6.45) is 2.09. The quantitative estimate of drug-likeness (QED) is 0.680. The summed E-state index contributed by atoms with van der Waals surface area (Å²) in [5.74, 6) is -0.251. The largest absolute Gasteiger partial charge is 0.495 e. The molecule has 2 aromatic rings. The van der Waals surface area contributed by atoms with Crippen molar-refractivity contribution in [3.63, 3.8) is 0 Å². The van der Waals surface area contributed by atoms with Gasteiger partial charge in [-0.3, -0.25) is 14.5 Å². The van der Waals surface area contributed by atoms with Crippen molar-refractivity contribution in [2.24, 2.45) is 0 Å². The predicted molar refractivity (Wildman–Crippen MR) is 109 cm³/mol. The van der Waals surface area contributed by atoms with E-state index >= 15 is 0 Å². The molecule has 2 aromatic carbocycles. The maximum absolute atomic E-state index is 13.1. The van der Waals surface area contributed by atoms with Gasteiger partial charge in [0.2, 0.25) is 11.8 Å². The molecule has 154 valence electrons. The number of anilines is 1. The second-order valence-corrected chi connectivity index (χ2v) is 7.29. The van der Waals surface area contributed by atoms with Gasteiger partial charge in [-0.1, -0.05) is 18.2 Å². The third-order valence-corrected chi connectivity index (χ3v) is 4.78. The molecule has 0 aromatic heterocycles. The minimum Gasteiger partial charge on any atom is -0.495 e. The van der Waals surface area contributed by atoms with Crippen LogP contribution in [0.5, 0.6) is 5.75 Å². The van der Waals surface area contributed by atoms with Gasteiger partial charge < -0.3 is 15.4 Å². The molecule has 6 nitrogen and oxygen atoms in total. The smallest absolute Gasteiger partial charge is 0.243 e. The number of nitrogens with one attached hydrogen (secondary N) is 2. The summed E-state index contributed by atoms with van der Waals surface area (Å²) in [6.45, 7) is 2.57. The molecule has 0 spiro atoms. The summed E-state index contributed by atoms with van der Waals surface area (Å²) in [7, 11) is 1.54. The molecule has 2 N–H and O–H groups in total. The van der Waals surface area contributed by atoms with Gasteiger partial charge in [-0.05, 0) is 55.2 Å². The molecular formula is C22H26FN3O3. The second-order valence-electron chi connectivity index (χ2n) is 7.29. The van der Waals surface area contributed by atoms with E-state index in [1.807, 2.05) is 19.1 Å². The Kier molecular flexibility index (Phi) is 6.82. The Bertz CT molecular complexity index is 866. The molecule has 0 unspecified atom stereocenters. The molecule has 0 atom stereocenters. The first-order valence-electron chi connectivity index (χ1n) is 9.64. The molecule has 1 saturated carbocycles. The zero-order chi connectivity index (χ0) is 20.8. The molecule has 0 radical (unpaired) electrons. The number of hydrogen-bond donors (Lipinski definition) is 2. The lowest BCUT2D eigenvalue weighted by Gasteiger charge is -2.21. The van der Waals surface area contributed by atoms with Crippen LogP contribution < -0.4 is 15.4 Å². The molecule has 7 heteroatoms. The molecule has 1 aliphatic rings. The molecule has 0 saturated heterocycles. The minimum atomic E-state index is -0.321. The van der Waals surface area contributed by atoms with Gasteiger partial charge >= 0.3 is 0 Å². The van der Waals surface area contributed by atoms with E-state index in [0.717, 1.165) is 24.0 Å². The number of nitrogens with zero attached hydrogens (tertiary/aromatic N) is 1. The highest BCUT2D eigenvalue weighted by Crippen LogP contribution is 2.28. The number of ether oxygens (including phenoxy) is 1. The lowest BCUT2D eigenvalue weighted by molar-refractivity contribution is -0.125. The Morgan fingerprint density at radius 1 is 1.14 bits per heavy atom. The van der Waals surface area contributed by atoms with Crippen molar-refractivity contribution in [2.75, 3.05) is 25.5 Å². The lowest BCUT2D eigenvalue weighted by Crippen LogP contribution is -2.41. The van der Waals surface area contributed by atoms with E-state index in [4.69, 9.17) is 4.74 Å². The second kappa shape index (κ2) is 9.52. The highest BCUT2D eigenvalue weighted by Gasteiger charge is 2.30. The molecule has 1 aliphatic carbocycles. The van der Waals surface area contributed by atoms with Crippen molar-refractivity contribution in [3.05, 3.63) is 59.4 Å². The molecule has 0 aliphatic heterocycles. The first-order valence-corrected chi connectivity index (χ1v) is 9.64. The first kappa shape index (κ1) is 20.8. The van der Waals surface area contributed by atoms with Gasteiger partial charge in [0.15, 0.2) is 0 Å². The highest BCUT2D eigenvalue weighted by molar-refractivity contribution is 5.96. The summed E-state index contributed by atoms with van der Waals surface area (Å²) >= 11 is 0. The van der Waals surface area contributed by atoms with Crippen molar-refractivity contribution in [1.82, 2.24) is 10.2 Å². The van der Waals surface area contributed by atoms with Crippen LogP contribution in [0.2, 0.25) is 0 Å². The zero-order valence-corrected chi connectivity index (χ0v) is 16.7. The Morgan fingerprint density at radius 3 is 2.52 bits per heavy atom. The Morgan fingerprint density at radius 2 is 1.86 bits per heavy atom. The van der Waals surface area contributed by atoms with Crippen LogP contribution in [0.4, 0.5) is 10.1 Å². The number of rotatable bonds is 9. The lowest BCUT2D eigenvalue weighted by atomic mass is 10.2. The predicted octanol–water partition coefficient (Wildman–Crippen LogP) is 2.86. The maximum atomic E-state index is 13.1. The average Bonchev–Trinajstić information content (AvgIpc) is 3.53. The van der Waals surface area contributed by atoms with Crippen LogP contribution >= 0.6 is 0 Å². The van der Waals surface area contributed by atoms with Crippen LogP contribution in [0.15, 0.2) is 42.5 Å². The van der Waals surface area contributed by atoms with Gasteiger partial charge in [-0.2, -0.15) is 0 Å². The van der Waals surface area contributed by atoms with Crippen LogP contribution in [0.3, 0.4) is 0 Å². The normalized spacial score (nSPS) is 13.2. The van der Waals surface area contributed by atoms with Gasteiger partial charge in [0.1, 0.15) is 11.6 Å². The van der Waals surface area contributed by atoms with Gasteiger partial charge in [0, 0.05) is 12.6 Å². The fourth-order valence-corrected chi connectivity index (χ4v) is 3.11. The number of hydrogen-bond acceptors (Lipinski definition) is 4. The fourth-order valence-electron chi connectivity index (χ4n) is 3.11. The van der Waals surface area contributed by atoms with Crippen LogP contribution in [0.1, 0.15) is 24.0 Å².